The molecule has 0 N–H and O–H groups in total. The molecule has 1 heterocycles. The Labute approximate surface area is 164 Å². The number of carbonyl (C=O) groups is 1. The van der Waals surface area contributed by atoms with Gasteiger partial charge in [0.2, 0.25) is 0 Å². The molecule has 2 nitrogen and oxygen atoms in total. The van der Waals surface area contributed by atoms with Gasteiger partial charge in [0.15, 0.2) is 0 Å². The third kappa shape index (κ3) is 3.94. The molecule has 0 fully saturated rings. The largest absolute Gasteiger partial charge is 0.307 e. The molecule has 0 saturated carbocycles. The minimum Gasteiger partial charge on any atom is -0.307 e. The molecule has 3 aromatic carbocycles. The van der Waals surface area contributed by atoms with Crippen molar-refractivity contribution < 1.29 is 9.18 Å². The molecule has 1 aliphatic rings. The van der Waals surface area contributed by atoms with Gasteiger partial charge in [-0.2, -0.15) is 0 Å². The monoisotopic (exact) mass is 369 g/mol. The molecule has 138 valence electrons. The molecule has 4 rings (SSSR count). The summed E-state index contributed by atoms with van der Waals surface area (Å²) in [7, 11) is 0. The maximum atomic E-state index is 13.2. The van der Waals surface area contributed by atoms with E-state index in [1.54, 1.807) is 12.1 Å². The van der Waals surface area contributed by atoms with E-state index in [0.717, 1.165) is 23.2 Å². The van der Waals surface area contributed by atoms with E-state index in [1.165, 1.54) is 17.7 Å². The van der Waals surface area contributed by atoms with Gasteiger partial charge in [0, 0.05) is 12.1 Å². The van der Waals surface area contributed by atoms with Crippen molar-refractivity contribution in [1.29, 1.82) is 0 Å². The van der Waals surface area contributed by atoms with Gasteiger partial charge in [0.1, 0.15) is 5.82 Å². The average Bonchev–Trinajstić information content (AvgIpc) is 3.05. The van der Waals surface area contributed by atoms with Crippen LogP contribution in [0.2, 0.25) is 0 Å². The molecule has 28 heavy (non-hydrogen) atoms. The van der Waals surface area contributed by atoms with E-state index in [4.69, 9.17) is 0 Å². The molecule has 0 aliphatic carbocycles. The lowest BCUT2D eigenvalue weighted by Crippen LogP contribution is -2.27. The number of benzene rings is 3. The van der Waals surface area contributed by atoms with Gasteiger partial charge in [-0.3, -0.25) is 4.79 Å². The van der Waals surface area contributed by atoms with E-state index in [9.17, 15) is 9.18 Å². The first-order chi connectivity index (χ1) is 13.7. The molecule has 0 unspecified atom stereocenters. The lowest BCUT2D eigenvalue weighted by molar-refractivity contribution is -0.122. The molecule has 0 radical (unpaired) electrons. The Hall–Kier alpha value is -3.46. The number of rotatable bonds is 5. The van der Waals surface area contributed by atoms with Gasteiger partial charge in [0.25, 0.3) is 5.91 Å². The lowest BCUT2D eigenvalue weighted by atomic mass is 10.1. The SMILES string of the molecule is O=C1/C(=C/c2ccc(F)cc2)C=C(c2ccccc2)N1CCc1ccccc1. The Balaban J connectivity index is 1.65. The molecule has 1 amide bonds. The average molecular weight is 369 g/mol. The van der Waals surface area contributed by atoms with Crippen LogP contribution in [0.3, 0.4) is 0 Å². The normalized spacial score (nSPS) is 15.2. The number of hydrogen-bond acceptors (Lipinski definition) is 1. The minimum absolute atomic E-state index is 0.0286. The number of carbonyl (C=O) groups excluding carboxylic acids is 1. The second-order valence-electron chi connectivity index (χ2n) is 6.74. The number of nitrogens with zero attached hydrogens (tertiary/aromatic N) is 1. The molecule has 0 atom stereocenters. The first kappa shape index (κ1) is 17.9. The highest BCUT2D eigenvalue weighted by Gasteiger charge is 2.28. The van der Waals surface area contributed by atoms with Gasteiger partial charge in [-0.15, -0.1) is 0 Å². The molecule has 0 bridgehead atoms. The molecule has 0 saturated heterocycles. The second-order valence-corrected chi connectivity index (χ2v) is 6.74. The van der Waals surface area contributed by atoms with Gasteiger partial charge in [0.05, 0.1) is 5.70 Å². The van der Waals surface area contributed by atoms with Gasteiger partial charge in [-0.25, -0.2) is 4.39 Å². The predicted octanol–water partition coefficient (Wildman–Crippen LogP) is 5.34. The first-order valence-electron chi connectivity index (χ1n) is 9.31. The third-order valence-corrected chi connectivity index (χ3v) is 4.80. The van der Waals surface area contributed by atoms with Crippen LogP contribution in [0.25, 0.3) is 11.8 Å². The van der Waals surface area contributed by atoms with Crippen LogP contribution >= 0.6 is 0 Å². The van der Waals surface area contributed by atoms with E-state index in [0.29, 0.717) is 12.1 Å². The summed E-state index contributed by atoms with van der Waals surface area (Å²) in [5.74, 6) is -0.316. The van der Waals surface area contributed by atoms with Crippen molar-refractivity contribution in [3.8, 4) is 0 Å². The van der Waals surface area contributed by atoms with Crippen LogP contribution in [-0.2, 0) is 11.2 Å². The third-order valence-electron chi connectivity index (χ3n) is 4.80. The number of halogens is 1. The molecule has 3 aromatic rings. The zero-order chi connectivity index (χ0) is 19.3. The van der Waals surface area contributed by atoms with Gasteiger partial charge in [-0.05, 0) is 47.4 Å². The lowest BCUT2D eigenvalue weighted by Gasteiger charge is -2.20. The number of hydrogen-bond donors (Lipinski definition) is 0. The smallest absolute Gasteiger partial charge is 0.258 e. The highest BCUT2D eigenvalue weighted by molar-refractivity contribution is 6.10. The first-order valence-corrected chi connectivity index (χ1v) is 9.31. The van der Waals surface area contributed by atoms with Crippen LogP contribution in [0.4, 0.5) is 4.39 Å². The fourth-order valence-electron chi connectivity index (χ4n) is 3.35. The zero-order valence-electron chi connectivity index (χ0n) is 15.4. The standard InChI is InChI=1S/C25H20FNO/c26-23-13-11-20(12-14-23)17-22-18-24(21-9-5-2-6-10-21)27(25(22)28)16-15-19-7-3-1-4-8-19/h1-14,17-18H,15-16H2/b22-17+. The van der Waals surface area contributed by atoms with Crippen LogP contribution in [-0.4, -0.2) is 17.4 Å². The molecule has 1 aliphatic heterocycles. The Morgan fingerprint density at radius 3 is 2.14 bits per heavy atom. The van der Waals surface area contributed by atoms with Crippen LogP contribution in [0.5, 0.6) is 0 Å². The van der Waals surface area contributed by atoms with Crippen molar-refractivity contribution in [3.63, 3.8) is 0 Å². The zero-order valence-corrected chi connectivity index (χ0v) is 15.4. The summed E-state index contributed by atoms with van der Waals surface area (Å²) in [4.78, 5) is 14.9. The van der Waals surface area contributed by atoms with Crippen molar-refractivity contribution >= 4 is 17.7 Å². The van der Waals surface area contributed by atoms with Crippen molar-refractivity contribution in [2.75, 3.05) is 6.54 Å². The predicted molar refractivity (Wildman–Crippen MR) is 111 cm³/mol. The fourth-order valence-corrected chi connectivity index (χ4v) is 3.35. The van der Waals surface area contributed by atoms with Crippen molar-refractivity contribution in [1.82, 2.24) is 4.90 Å². The highest BCUT2D eigenvalue weighted by Crippen LogP contribution is 2.30. The van der Waals surface area contributed by atoms with Gasteiger partial charge >= 0.3 is 0 Å². The summed E-state index contributed by atoms with van der Waals surface area (Å²) in [5.41, 5.74) is 4.51. The van der Waals surface area contributed by atoms with Crippen molar-refractivity contribution in [2.24, 2.45) is 0 Å². The summed E-state index contributed by atoms with van der Waals surface area (Å²) in [6, 6.07) is 26.2. The minimum atomic E-state index is -0.287. The van der Waals surface area contributed by atoms with E-state index >= 15 is 0 Å². The van der Waals surface area contributed by atoms with Crippen LogP contribution in [0.15, 0.2) is 96.6 Å². The van der Waals surface area contributed by atoms with Crippen LogP contribution in [0, 0.1) is 5.82 Å². The van der Waals surface area contributed by atoms with Crippen molar-refractivity contribution in [3.05, 3.63) is 119 Å². The Bertz CT molecular complexity index is 1020. The maximum Gasteiger partial charge on any atom is 0.258 e. The molecule has 0 aromatic heterocycles. The summed E-state index contributed by atoms with van der Waals surface area (Å²) in [5, 5.41) is 0. The van der Waals surface area contributed by atoms with E-state index in [-0.39, 0.29) is 11.7 Å². The Morgan fingerprint density at radius 1 is 0.821 bits per heavy atom. The van der Waals surface area contributed by atoms with E-state index in [1.807, 2.05) is 65.6 Å². The topological polar surface area (TPSA) is 20.3 Å². The second kappa shape index (κ2) is 8.05. The Morgan fingerprint density at radius 2 is 1.46 bits per heavy atom. The quantitative estimate of drug-likeness (QED) is 0.556. The van der Waals surface area contributed by atoms with E-state index in [2.05, 4.69) is 12.1 Å². The van der Waals surface area contributed by atoms with Gasteiger partial charge < -0.3 is 4.90 Å². The van der Waals surface area contributed by atoms with E-state index < -0.39 is 0 Å². The maximum absolute atomic E-state index is 13.2. The van der Waals surface area contributed by atoms with Crippen LogP contribution in [0.1, 0.15) is 16.7 Å². The fraction of sp³-hybridized carbons (Fsp3) is 0.0800. The molecule has 0 spiro atoms. The van der Waals surface area contributed by atoms with Crippen LogP contribution < -0.4 is 0 Å². The summed E-state index contributed by atoms with van der Waals surface area (Å²) in [6.07, 6.45) is 4.51. The van der Waals surface area contributed by atoms with Gasteiger partial charge in [-0.1, -0.05) is 72.8 Å². The Kier molecular flexibility index (Phi) is 5.16. The highest BCUT2D eigenvalue weighted by atomic mass is 19.1. The summed E-state index contributed by atoms with van der Waals surface area (Å²) >= 11 is 0. The molecule has 3 heteroatoms. The van der Waals surface area contributed by atoms with Crippen molar-refractivity contribution in [2.45, 2.75) is 6.42 Å². The molecular formula is C25H20FNO. The summed E-state index contributed by atoms with van der Waals surface area (Å²) in [6.45, 7) is 0.602. The number of amides is 1. The molecular weight excluding hydrogens is 349 g/mol. The summed E-state index contributed by atoms with van der Waals surface area (Å²) < 4.78 is 13.2.